The Morgan fingerprint density at radius 2 is 2.16 bits per heavy atom. The van der Waals surface area contributed by atoms with Crippen molar-refractivity contribution in [1.82, 2.24) is 14.5 Å². The predicted octanol–water partition coefficient (Wildman–Crippen LogP) is 3.61. The van der Waals surface area contributed by atoms with Crippen LogP contribution in [0.1, 0.15) is 11.3 Å². The average molecular weight is 356 g/mol. The first kappa shape index (κ1) is 16.9. The van der Waals surface area contributed by atoms with E-state index in [0.717, 1.165) is 16.9 Å². The summed E-state index contributed by atoms with van der Waals surface area (Å²) in [6.45, 7) is 1.94. The number of nitrogens with two attached hydrogens (primary N) is 1. The predicted molar refractivity (Wildman–Crippen MR) is 99.9 cm³/mol. The number of hydrogen-bond donors (Lipinski definition) is 2. The Kier molecular flexibility index (Phi) is 4.90. The molecule has 3 N–H and O–H groups in total. The highest BCUT2D eigenvalue weighted by atomic mass is 35.5. The van der Waals surface area contributed by atoms with E-state index in [0.29, 0.717) is 22.3 Å². The highest BCUT2D eigenvalue weighted by Crippen LogP contribution is 2.26. The van der Waals surface area contributed by atoms with E-state index in [4.69, 9.17) is 22.1 Å². The summed E-state index contributed by atoms with van der Waals surface area (Å²) < 4.78 is 7.41. The molecule has 0 fully saturated rings. The van der Waals surface area contributed by atoms with Gasteiger partial charge in [-0.1, -0.05) is 17.7 Å². The van der Waals surface area contributed by atoms with Crippen molar-refractivity contribution in [3.8, 4) is 11.4 Å². The maximum Gasteiger partial charge on any atom is 0.152 e. The summed E-state index contributed by atoms with van der Waals surface area (Å²) in [7, 11) is 1.62. The smallest absolute Gasteiger partial charge is 0.152 e. The van der Waals surface area contributed by atoms with Gasteiger partial charge in [-0.15, -0.1) is 0 Å². The van der Waals surface area contributed by atoms with Crippen LogP contribution >= 0.6 is 11.6 Å². The summed E-state index contributed by atoms with van der Waals surface area (Å²) >= 11 is 6.02. The topological polar surface area (TPSA) is 78.0 Å². The van der Waals surface area contributed by atoms with Crippen molar-refractivity contribution in [3.05, 3.63) is 71.7 Å². The summed E-state index contributed by atoms with van der Waals surface area (Å²) in [5.41, 5.74) is 10.1. The minimum absolute atomic E-state index is 0.384. The second-order valence-corrected chi connectivity index (χ2v) is 5.75. The van der Waals surface area contributed by atoms with Gasteiger partial charge >= 0.3 is 0 Å². The quantitative estimate of drug-likeness (QED) is 0.683. The molecule has 0 bridgehead atoms. The van der Waals surface area contributed by atoms with Crippen molar-refractivity contribution in [2.75, 3.05) is 12.4 Å². The second kappa shape index (κ2) is 7.27. The largest absolute Gasteiger partial charge is 0.495 e. The standard InChI is InChI=1S/C18H18ClN5O/c1-12-10-24(11-23-12)16-6-5-13(8-17(16)25-2)14(20)9-22-15-4-3-7-21-18(15)19/h3-11,22H,20H2,1-2H3/b14-9-. The van der Waals surface area contributed by atoms with Crippen molar-refractivity contribution in [3.63, 3.8) is 0 Å². The monoisotopic (exact) mass is 355 g/mol. The summed E-state index contributed by atoms with van der Waals surface area (Å²) in [5, 5.41) is 3.45. The molecule has 2 heterocycles. The van der Waals surface area contributed by atoms with Gasteiger partial charge in [0.1, 0.15) is 5.75 Å². The number of aryl methyl sites for hydroxylation is 1. The molecular weight excluding hydrogens is 338 g/mol. The van der Waals surface area contributed by atoms with Crippen molar-refractivity contribution in [2.24, 2.45) is 5.73 Å². The summed E-state index contributed by atoms with van der Waals surface area (Å²) in [6, 6.07) is 9.36. The highest BCUT2D eigenvalue weighted by Gasteiger charge is 2.08. The molecule has 0 amide bonds. The number of nitrogens with one attached hydrogen (secondary N) is 1. The van der Waals surface area contributed by atoms with Crippen molar-refractivity contribution in [2.45, 2.75) is 6.92 Å². The van der Waals surface area contributed by atoms with E-state index in [2.05, 4.69) is 15.3 Å². The summed E-state index contributed by atoms with van der Waals surface area (Å²) in [5.74, 6) is 0.700. The van der Waals surface area contributed by atoms with Crippen molar-refractivity contribution in [1.29, 1.82) is 0 Å². The first-order chi connectivity index (χ1) is 12.1. The van der Waals surface area contributed by atoms with Gasteiger partial charge in [-0.25, -0.2) is 9.97 Å². The Hall–Kier alpha value is -2.99. The molecule has 0 aliphatic carbocycles. The zero-order valence-electron chi connectivity index (χ0n) is 13.9. The number of methoxy groups -OCH3 is 1. The van der Waals surface area contributed by atoms with Gasteiger partial charge in [0.05, 0.1) is 36.2 Å². The molecule has 0 spiro atoms. The van der Waals surface area contributed by atoms with Gasteiger partial charge in [-0.3, -0.25) is 0 Å². The lowest BCUT2D eigenvalue weighted by Gasteiger charge is -2.12. The van der Waals surface area contributed by atoms with Gasteiger partial charge in [0.2, 0.25) is 0 Å². The van der Waals surface area contributed by atoms with Gasteiger partial charge in [0.15, 0.2) is 5.15 Å². The van der Waals surface area contributed by atoms with Crippen LogP contribution in [0.5, 0.6) is 5.75 Å². The summed E-state index contributed by atoms with van der Waals surface area (Å²) in [4.78, 5) is 8.25. The Labute approximate surface area is 150 Å². The lowest BCUT2D eigenvalue weighted by Crippen LogP contribution is -2.03. The molecule has 0 saturated carbocycles. The van der Waals surface area contributed by atoms with Crippen molar-refractivity contribution < 1.29 is 4.74 Å². The number of imidazole rings is 1. The van der Waals surface area contributed by atoms with Crippen LogP contribution in [-0.4, -0.2) is 21.6 Å². The Morgan fingerprint density at radius 3 is 2.84 bits per heavy atom. The van der Waals surface area contributed by atoms with Gasteiger partial charge in [-0.2, -0.15) is 0 Å². The maximum atomic E-state index is 6.17. The molecule has 3 aromatic rings. The normalized spacial score (nSPS) is 11.4. The third-order valence-corrected chi connectivity index (χ3v) is 3.95. The average Bonchev–Trinajstić information content (AvgIpc) is 3.06. The van der Waals surface area contributed by atoms with Crippen LogP contribution in [-0.2, 0) is 0 Å². The van der Waals surface area contributed by atoms with Gasteiger partial charge in [0, 0.05) is 24.2 Å². The molecule has 1 aromatic carbocycles. The lowest BCUT2D eigenvalue weighted by atomic mass is 10.1. The number of pyridine rings is 1. The minimum Gasteiger partial charge on any atom is -0.495 e. The van der Waals surface area contributed by atoms with E-state index >= 15 is 0 Å². The van der Waals surface area contributed by atoms with Crippen LogP contribution in [0.15, 0.2) is 55.3 Å². The van der Waals surface area contributed by atoms with Crippen LogP contribution < -0.4 is 15.8 Å². The number of anilines is 1. The molecule has 0 atom stereocenters. The molecule has 0 aliphatic heterocycles. The van der Waals surface area contributed by atoms with Crippen LogP contribution in [0.4, 0.5) is 5.69 Å². The van der Waals surface area contributed by atoms with E-state index < -0.39 is 0 Å². The third-order valence-electron chi connectivity index (χ3n) is 3.65. The molecule has 0 aliphatic rings. The molecule has 0 unspecified atom stereocenters. The SMILES string of the molecule is COc1cc(/C(N)=C/Nc2cccnc2Cl)ccc1-n1cnc(C)c1. The van der Waals surface area contributed by atoms with Crippen LogP contribution in [0.2, 0.25) is 5.15 Å². The zero-order valence-corrected chi connectivity index (χ0v) is 14.7. The fraction of sp³-hybridized carbons (Fsp3) is 0.111. The van der Waals surface area contributed by atoms with Gasteiger partial charge < -0.3 is 20.4 Å². The second-order valence-electron chi connectivity index (χ2n) is 5.39. The number of benzene rings is 1. The number of aromatic nitrogens is 3. The van der Waals surface area contributed by atoms with Crippen LogP contribution in [0, 0.1) is 6.92 Å². The van der Waals surface area contributed by atoms with Crippen molar-refractivity contribution >= 4 is 23.0 Å². The third kappa shape index (κ3) is 3.75. The molecule has 128 valence electrons. The maximum absolute atomic E-state index is 6.17. The summed E-state index contributed by atoms with van der Waals surface area (Å²) in [6.07, 6.45) is 6.99. The lowest BCUT2D eigenvalue weighted by molar-refractivity contribution is 0.412. The fourth-order valence-corrected chi connectivity index (χ4v) is 2.53. The molecule has 6 nitrogen and oxygen atoms in total. The molecule has 0 radical (unpaired) electrons. The van der Waals surface area contributed by atoms with E-state index in [1.165, 1.54) is 0 Å². The molecule has 0 saturated heterocycles. The van der Waals surface area contributed by atoms with Gasteiger partial charge in [-0.05, 0) is 31.2 Å². The number of nitrogens with zero attached hydrogens (tertiary/aromatic N) is 3. The molecular formula is C18H18ClN5O. The van der Waals surface area contributed by atoms with E-state index in [-0.39, 0.29) is 0 Å². The Morgan fingerprint density at radius 1 is 1.32 bits per heavy atom. The zero-order chi connectivity index (χ0) is 17.8. The number of hydrogen-bond acceptors (Lipinski definition) is 5. The first-order valence-electron chi connectivity index (χ1n) is 7.60. The first-order valence-corrected chi connectivity index (χ1v) is 7.98. The minimum atomic E-state index is 0.384. The fourth-order valence-electron chi connectivity index (χ4n) is 2.36. The Bertz CT molecular complexity index is 919. The number of ether oxygens (including phenoxy) is 1. The molecule has 7 heteroatoms. The highest BCUT2D eigenvalue weighted by molar-refractivity contribution is 6.32. The van der Waals surface area contributed by atoms with E-state index in [9.17, 15) is 0 Å². The number of halogens is 1. The Balaban J connectivity index is 1.87. The van der Waals surface area contributed by atoms with Gasteiger partial charge in [0.25, 0.3) is 0 Å². The molecule has 2 aromatic heterocycles. The van der Waals surface area contributed by atoms with E-state index in [1.54, 1.807) is 31.9 Å². The van der Waals surface area contributed by atoms with Crippen LogP contribution in [0.3, 0.4) is 0 Å². The molecule has 3 rings (SSSR count). The van der Waals surface area contributed by atoms with E-state index in [1.807, 2.05) is 42.0 Å². The van der Waals surface area contributed by atoms with Crippen LogP contribution in [0.25, 0.3) is 11.4 Å². The molecule has 25 heavy (non-hydrogen) atoms. The number of rotatable bonds is 5.